The SMILES string of the molecule is C.CC(=O)Nc1cccc(O)c1.CC(=O)Nc1cccc(OC2CN(C(=O)N3N=CC[C@H]3c3cc(F)cc(F)c3)C2)c1.CC(C)(C)OC(=O)N1CC(O)C1.COC1CN(C(=O)N2N=CC[C@H]2c2cc(F)cc(F)c2)C1.O=C(N1CC(O)C1)N1N=CC[C@H]1c1cc(F)cc(F)c1.O=C(N1N=CC[C@H]1c1cc(F)cc(F)c1)n1ccnc1.O=CC(F)(F)F.O=CC(F)(F)F.O=CO[O-].OC1CNC1.[Cs+].[Cs+].[H-]. The van der Waals surface area contributed by atoms with Gasteiger partial charge >= 0.3 is 180 Å². The van der Waals surface area contributed by atoms with Crippen LogP contribution in [0.25, 0.3) is 0 Å². The van der Waals surface area contributed by atoms with Gasteiger partial charge in [0, 0.05) is 145 Å². The number of methoxy groups -OCH3 is 1. The van der Waals surface area contributed by atoms with Crippen LogP contribution in [-0.4, -0.2) is 277 Å². The Morgan fingerprint density at radius 1 is 0.478 bits per heavy atom. The minimum absolute atomic E-state index is 0. The maximum Gasteiger partial charge on any atom is 1.00 e. The zero-order valence-corrected chi connectivity index (χ0v) is 86.9. The molecule has 10 heterocycles. The van der Waals surface area contributed by atoms with E-state index in [1.165, 1.54) is 122 Å². The van der Waals surface area contributed by atoms with E-state index in [0.717, 1.165) is 37.4 Å². The van der Waals surface area contributed by atoms with Crippen molar-refractivity contribution >= 4 is 97.3 Å². The Morgan fingerprint density at radius 3 is 1.07 bits per heavy atom. The number of hydrazone groups is 4. The minimum atomic E-state index is -4.64. The Balaban J connectivity index is 0.000000417. The fourth-order valence-electron chi connectivity index (χ4n) is 12.6. The number of phenols is 1. The molecule has 0 spiro atoms. The van der Waals surface area contributed by atoms with E-state index in [1.807, 2.05) is 20.8 Å². The van der Waals surface area contributed by atoms with Crippen LogP contribution in [0.1, 0.15) is 116 Å². The number of ether oxygens (including phenoxy) is 3. The second-order valence-electron chi connectivity index (χ2n) is 30.8. The number of likely N-dealkylation sites (tertiary alicyclic amines) is 4. The van der Waals surface area contributed by atoms with Crippen LogP contribution < -0.4 is 164 Å². The molecule has 5 saturated heterocycles. The number of carbonyl (C=O) groups excluding carboxylic acids is 10. The summed E-state index contributed by atoms with van der Waals surface area (Å²) in [4.78, 5) is 121. The molecule has 740 valence electrons. The van der Waals surface area contributed by atoms with Crippen LogP contribution in [0.15, 0.2) is 160 Å². The number of nitrogens with one attached hydrogen (secondary N) is 3. The number of imidazole rings is 1. The van der Waals surface area contributed by atoms with Gasteiger partial charge in [-0.25, -0.2) is 84.1 Å². The van der Waals surface area contributed by atoms with Crippen LogP contribution in [0.2, 0.25) is 0 Å². The second kappa shape index (κ2) is 57.7. The molecule has 9 aliphatic heterocycles. The Kier molecular flexibility index (Phi) is 50.3. The molecule has 0 radical (unpaired) electrons. The molecule has 10 amide bonds. The number of aldehydes is 2. The largest absolute Gasteiger partial charge is 1.00 e. The number of urea groups is 3. The van der Waals surface area contributed by atoms with Crippen LogP contribution in [0, 0.1) is 46.5 Å². The minimum Gasteiger partial charge on any atom is -1.00 e. The normalized spacial score (nSPS) is 17.5. The Morgan fingerprint density at radius 2 is 0.790 bits per heavy atom. The molecular formula is C86H97Cs2F14N17O19. The molecule has 0 bridgehead atoms. The van der Waals surface area contributed by atoms with Gasteiger partial charge in [-0.1, -0.05) is 19.6 Å². The third-order valence-corrected chi connectivity index (χ3v) is 18.8. The number of anilines is 2. The zero-order valence-electron chi connectivity index (χ0n) is 75.4. The van der Waals surface area contributed by atoms with Gasteiger partial charge in [-0.15, -0.1) is 0 Å². The number of aromatic hydroxyl groups is 1. The van der Waals surface area contributed by atoms with Crippen molar-refractivity contribution in [1.29, 1.82) is 0 Å². The molecule has 52 heteroatoms. The number of hydrogen-bond donors (Lipinski definition) is 7. The number of hydrogen-bond acceptors (Lipinski definition) is 25. The molecule has 16 rings (SSSR count). The number of alkyl halides is 6. The third-order valence-electron chi connectivity index (χ3n) is 18.8. The standard InChI is InChI=1S/C21H20F2N4O3.C14H15F2N3O2.C13H10F2N4O.C13H13F2N3O2.C8H15NO3.C8H9NO2.C3H7NO.2C2HF3O.CH2O3.CH4.2Cs.H/c1-13(28)25-17-3-2-4-18(10-17)30-19-11-26(12-19)21(29)27-20(5-6-24-27)14-7-15(22)9-16(23)8-14;1-21-12-7-18(8-12)14(20)19-13(2-3-17-19)9-4-10(15)6-11(16)5-9;14-10-5-9(6-11(15)7-10)12-1-2-17-19(12)13(20)18-4-3-16-8-18;14-9-3-8(4-10(15)5-9)12-1-2-16-18(12)13(20)17-6-11(19)7-17;1-8(2,3)12-7(11)9-4-6(10)5-9;1-6(10)9-7-3-2-4-8(11)5-7;5-3-1-4-2-3;2*3-2(4,5)1-6;2-1-4-3;;;;/h2-4,6-10,19-20H,5,11-12H2,1H3,(H,25,28);3-6,12-13H,2,7-8H2,1H3;2-8,12H,1H2;2-5,11-12,19H,1,6-7H2;6,10H,4-5H2,1-3H3;2-5,11H,1H3,(H,9,10);3-5H,1-2H2;2*1H;1,3H;1H4;;;/q;;;;;;;;;;;2*+1;-1/p-1/t20-;13-;2*12-;;;;;;;;;;/m0000........../s1. The third kappa shape index (κ3) is 40.3. The van der Waals surface area contributed by atoms with Gasteiger partial charge in [0.05, 0.1) is 101 Å². The Bertz CT molecular complexity index is 5220. The Labute approximate surface area is 899 Å². The van der Waals surface area contributed by atoms with Gasteiger partial charge in [-0.2, -0.15) is 46.7 Å². The Hall–Kier alpha value is -10.0. The van der Waals surface area contributed by atoms with Crippen LogP contribution in [-0.2, 0) is 38.3 Å². The van der Waals surface area contributed by atoms with Gasteiger partial charge in [-0.05, 0) is 116 Å². The number of amides is 10. The van der Waals surface area contributed by atoms with Gasteiger partial charge in [0.1, 0.15) is 76.1 Å². The number of aromatic nitrogens is 2. The summed E-state index contributed by atoms with van der Waals surface area (Å²) in [5.74, 6) is -5.00. The molecule has 5 fully saturated rings. The molecule has 0 aliphatic carbocycles. The van der Waals surface area contributed by atoms with Crippen molar-refractivity contribution in [3.05, 3.63) is 209 Å². The van der Waals surface area contributed by atoms with Crippen molar-refractivity contribution in [2.45, 2.75) is 140 Å². The van der Waals surface area contributed by atoms with Gasteiger partial charge in [0.15, 0.2) is 0 Å². The summed E-state index contributed by atoms with van der Waals surface area (Å²) in [6.07, 6.45) is -0.633. The molecule has 1 aromatic heterocycles. The number of aliphatic hydroxyl groups excluding tert-OH is 3. The average molecular weight is 2200 g/mol. The van der Waals surface area contributed by atoms with Crippen molar-refractivity contribution in [3.63, 3.8) is 0 Å². The number of halogens is 14. The van der Waals surface area contributed by atoms with E-state index in [0.29, 0.717) is 104 Å². The number of nitrogens with zero attached hydrogens (tertiary/aromatic N) is 14. The second-order valence-corrected chi connectivity index (χ2v) is 30.8. The summed E-state index contributed by atoms with van der Waals surface area (Å²) in [6, 6.07) is 22.9. The summed E-state index contributed by atoms with van der Waals surface area (Å²) in [7, 11) is 1.60. The summed E-state index contributed by atoms with van der Waals surface area (Å²) in [5, 5.41) is 73.1. The number of β-amino-alcohol motifs (C(OH)–C–C–N with tert-alkyl or cyclic N) is 3. The topological polar surface area (TPSA) is 441 Å². The first-order valence-corrected chi connectivity index (χ1v) is 40.3. The first kappa shape index (κ1) is 120. The summed E-state index contributed by atoms with van der Waals surface area (Å²) in [5.41, 5.74) is 2.30. The number of rotatable bonds is 10. The van der Waals surface area contributed by atoms with Crippen LogP contribution in [0.4, 0.5) is 96.8 Å². The van der Waals surface area contributed by atoms with E-state index < -0.39 is 113 Å². The van der Waals surface area contributed by atoms with Crippen molar-refractivity contribution < 1.29 is 293 Å². The van der Waals surface area contributed by atoms with E-state index in [9.17, 15) is 100 Å². The quantitative estimate of drug-likeness (QED) is 0.0394. The smallest absolute Gasteiger partial charge is 1.00 e. The molecule has 0 unspecified atom stereocenters. The average Bonchev–Trinajstić information content (AvgIpc) is 1.71. The van der Waals surface area contributed by atoms with E-state index in [-0.39, 0.29) is 232 Å². The first-order valence-electron chi connectivity index (χ1n) is 40.3. The van der Waals surface area contributed by atoms with Crippen LogP contribution in [0.3, 0.4) is 0 Å². The van der Waals surface area contributed by atoms with Gasteiger partial charge in [0.25, 0.3) is 6.47 Å². The van der Waals surface area contributed by atoms with Crippen molar-refractivity contribution in [2.24, 2.45) is 20.4 Å². The molecule has 36 nitrogen and oxygen atoms in total. The molecular weight excluding hydrogens is 2110 g/mol. The molecule has 6 aromatic carbocycles. The first-order chi connectivity index (χ1) is 63.6. The maximum atomic E-state index is 13.6. The number of benzene rings is 6. The van der Waals surface area contributed by atoms with Crippen LogP contribution in [0.5, 0.6) is 11.5 Å². The summed E-state index contributed by atoms with van der Waals surface area (Å²) >= 11 is 0. The molecule has 138 heavy (non-hydrogen) atoms. The van der Waals surface area contributed by atoms with Gasteiger partial charge < -0.3 is 81.8 Å². The zero-order chi connectivity index (χ0) is 99.8. The van der Waals surface area contributed by atoms with Gasteiger partial charge in [-0.3, -0.25) is 28.5 Å². The van der Waals surface area contributed by atoms with E-state index in [2.05, 4.69) is 46.2 Å². The number of carbonyl (C=O) groups is 10. The maximum absolute atomic E-state index is 13.6. The van der Waals surface area contributed by atoms with E-state index in [4.69, 9.17) is 49.2 Å². The van der Waals surface area contributed by atoms with Gasteiger partial charge in [0.2, 0.25) is 24.4 Å². The number of aliphatic hydroxyl groups is 3. The summed E-state index contributed by atoms with van der Waals surface area (Å²) < 4.78 is 187. The van der Waals surface area contributed by atoms with Crippen LogP contribution >= 0.6 is 0 Å². The predicted molar refractivity (Wildman–Crippen MR) is 456 cm³/mol. The monoisotopic (exact) mass is 2200 g/mol. The van der Waals surface area contributed by atoms with E-state index >= 15 is 0 Å². The molecule has 9 aliphatic rings. The molecule has 4 atom stereocenters. The molecule has 7 aromatic rings. The fourth-order valence-corrected chi connectivity index (χ4v) is 12.6. The van der Waals surface area contributed by atoms with Crippen molar-refractivity contribution in [1.82, 2.24) is 54.5 Å². The number of phenolic OH excluding ortho intramolecular Hbond substituents is 1. The molecule has 0 saturated carbocycles. The fraction of sp³-hybridized carbons (Fsp3) is 0.384. The van der Waals surface area contributed by atoms with E-state index in [1.54, 1.807) is 84.2 Å². The van der Waals surface area contributed by atoms with Crippen molar-refractivity contribution in [3.8, 4) is 11.5 Å². The summed E-state index contributed by atoms with van der Waals surface area (Å²) in [6.45, 7) is 12.8. The van der Waals surface area contributed by atoms with Crippen molar-refractivity contribution in [2.75, 3.05) is 83.2 Å². The molecule has 7 N–H and O–H groups in total. The predicted octanol–water partition coefficient (Wildman–Crippen LogP) is 5.33.